The van der Waals surface area contributed by atoms with E-state index in [2.05, 4.69) is 4.52 Å². The van der Waals surface area contributed by atoms with Gasteiger partial charge in [0.25, 0.3) is 5.24 Å². The van der Waals surface area contributed by atoms with Gasteiger partial charge in [0.2, 0.25) is 5.12 Å². The summed E-state index contributed by atoms with van der Waals surface area (Å²) in [5.74, 6) is 0. The average Bonchev–Trinajstić information content (AvgIpc) is 1.86. The molecule has 2 atom stereocenters. The van der Waals surface area contributed by atoms with E-state index in [0.717, 1.165) is 7.11 Å². The molecule has 0 aromatic rings. The molecule has 0 saturated carbocycles. The molecule has 0 spiro atoms. The molecule has 1 N–H and O–H groups in total. The van der Waals surface area contributed by atoms with E-state index in [1.807, 2.05) is 0 Å². The van der Waals surface area contributed by atoms with Crippen LogP contribution in [0.5, 0.6) is 0 Å². The molecule has 76 valence electrons. The molecule has 2 unspecified atom stereocenters. The Morgan fingerprint density at radius 3 is 2.00 bits per heavy atom. The smallest absolute Gasteiger partial charge is 0.323 e. The first kappa shape index (κ1) is 18.7. The van der Waals surface area contributed by atoms with E-state index in [4.69, 9.17) is 28.1 Å². The van der Waals surface area contributed by atoms with Gasteiger partial charge in [-0.1, -0.05) is 11.6 Å². The summed E-state index contributed by atoms with van der Waals surface area (Å²) in [6, 6.07) is 0. The molecule has 0 fully saturated rings. The Kier molecular flexibility index (Phi) is 11.5. The summed E-state index contributed by atoms with van der Waals surface area (Å²) in [7, 11) is -3.07. The van der Waals surface area contributed by atoms with Crippen molar-refractivity contribution < 1.29 is 18.8 Å². The van der Waals surface area contributed by atoms with Gasteiger partial charge in [-0.05, 0) is 11.6 Å². The van der Waals surface area contributed by atoms with Crippen molar-refractivity contribution in [3.05, 3.63) is 0 Å². The van der Waals surface area contributed by atoms with Gasteiger partial charge in [-0.2, -0.15) is 0 Å². The third kappa shape index (κ3) is 5.60. The van der Waals surface area contributed by atoms with Gasteiger partial charge in [0.05, 0.1) is 0 Å². The molecule has 0 aromatic heterocycles. The molecule has 4 nitrogen and oxygen atoms in total. The van der Waals surface area contributed by atoms with E-state index in [0.29, 0.717) is 0 Å². The van der Waals surface area contributed by atoms with Crippen LogP contribution in [-0.2, 0) is 13.9 Å². The van der Waals surface area contributed by atoms with Gasteiger partial charge in [-0.25, -0.2) is 0 Å². The van der Waals surface area contributed by atoms with E-state index in [9.17, 15) is 9.36 Å². The lowest BCUT2D eigenvalue weighted by Crippen LogP contribution is -2.09. The first-order valence-corrected chi connectivity index (χ1v) is 4.59. The molecule has 9 heteroatoms. The van der Waals surface area contributed by atoms with Crippen LogP contribution in [0.3, 0.4) is 0 Å². The number of hydrogen-bond donors (Lipinski definition) is 1. The van der Waals surface area contributed by atoms with Gasteiger partial charge in [0.15, 0.2) is 0 Å². The van der Waals surface area contributed by atoms with Crippen LogP contribution in [0.15, 0.2) is 0 Å². The SMILES string of the molecule is COP(=O)(O)C(Cl)C(=O)Cl.Cl.Cl. The molecular weight excluding hydrogens is 273 g/mol. The molecule has 0 amide bonds. The van der Waals surface area contributed by atoms with Crippen molar-refractivity contribution in [3.63, 3.8) is 0 Å². The number of halogens is 4. The monoisotopic (exact) mass is 278 g/mol. The fraction of sp³-hybridized carbons (Fsp3) is 0.667. The van der Waals surface area contributed by atoms with Crippen LogP contribution < -0.4 is 0 Å². The van der Waals surface area contributed by atoms with Crippen LogP contribution in [0.2, 0.25) is 0 Å². The summed E-state index contributed by atoms with van der Waals surface area (Å²) in [6.07, 6.45) is 0. The lowest BCUT2D eigenvalue weighted by atomic mass is 10.9. The van der Waals surface area contributed by atoms with Crippen molar-refractivity contribution >= 4 is 60.9 Å². The molecule has 0 radical (unpaired) electrons. The number of carbonyl (C=O) groups excluding carboxylic acids is 1. The van der Waals surface area contributed by atoms with Gasteiger partial charge < -0.3 is 9.42 Å². The van der Waals surface area contributed by atoms with Crippen molar-refractivity contribution in [2.24, 2.45) is 0 Å². The molecule has 0 rings (SSSR count). The molecule has 0 aliphatic heterocycles. The highest BCUT2D eigenvalue weighted by molar-refractivity contribution is 7.57. The van der Waals surface area contributed by atoms with Crippen molar-refractivity contribution in [2.45, 2.75) is 5.12 Å². The lowest BCUT2D eigenvalue weighted by Gasteiger charge is -2.09. The summed E-state index contributed by atoms with van der Waals surface area (Å²) in [6.45, 7) is 0. The largest absolute Gasteiger partial charge is 0.354 e. The second-order valence-electron chi connectivity index (χ2n) is 1.39. The maximum absolute atomic E-state index is 10.6. The van der Waals surface area contributed by atoms with Crippen molar-refractivity contribution in [2.75, 3.05) is 7.11 Å². The van der Waals surface area contributed by atoms with E-state index < -0.39 is 18.0 Å². The second-order valence-corrected chi connectivity index (χ2v) is 4.51. The Morgan fingerprint density at radius 1 is 1.58 bits per heavy atom. The Hall–Kier alpha value is 0.980. The molecule has 0 bridgehead atoms. The highest BCUT2D eigenvalue weighted by Crippen LogP contribution is 2.49. The van der Waals surface area contributed by atoms with Crippen LogP contribution in [0.4, 0.5) is 0 Å². The zero-order valence-corrected chi connectivity index (χ0v) is 9.81. The van der Waals surface area contributed by atoms with Crippen LogP contribution >= 0.6 is 55.6 Å². The molecule has 0 aromatic carbocycles. The minimum Gasteiger partial charge on any atom is -0.323 e. The summed E-state index contributed by atoms with van der Waals surface area (Å²) in [5.41, 5.74) is 0. The summed E-state index contributed by atoms with van der Waals surface area (Å²) >= 11 is 9.90. The molecule has 12 heavy (non-hydrogen) atoms. The Labute approximate surface area is 91.9 Å². The van der Waals surface area contributed by atoms with Crippen LogP contribution in [0, 0.1) is 0 Å². The average molecular weight is 280 g/mol. The van der Waals surface area contributed by atoms with Gasteiger partial charge in [0, 0.05) is 7.11 Å². The second kappa shape index (κ2) is 7.39. The highest BCUT2D eigenvalue weighted by atomic mass is 35.5. The topological polar surface area (TPSA) is 63.6 Å². The number of alkyl halides is 1. The molecule has 0 heterocycles. The lowest BCUT2D eigenvalue weighted by molar-refractivity contribution is -0.110. The van der Waals surface area contributed by atoms with Crippen molar-refractivity contribution in [1.29, 1.82) is 0 Å². The summed E-state index contributed by atoms with van der Waals surface area (Å²) < 4.78 is 14.7. The fourth-order valence-corrected chi connectivity index (χ4v) is 1.27. The normalized spacial score (nSPS) is 16.3. The Balaban J connectivity index is -0.000000405. The van der Waals surface area contributed by atoms with E-state index in [-0.39, 0.29) is 24.8 Å². The third-order valence-corrected chi connectivity index (χ3v) is 3.49. The third-order valence-electron chi connectivity index (χ3n) is 0.735. The van der Waals surface area contributed by atoms with Crippen molar-refractivity contribution in [1.82, 2.24) is 0 Å². The minimum atomic E-state index is -4.04. The van der Waals surface area contributed by atoms with Crippen molar-refractivity contribution in [3.8, 4) is 0 Å². The van der Waals surface area contributed by atoms with Gasteiger partial charge >= 0.3 is 7.60 Å². The highest BCUT2D eigenvalue weighted by Gasteiger charge is 2.34. The fourth-order valence-electron chi connectivity index (χ4n) is 0.221. The number of hydrogen-bond acceptors (Lipinski definition) is 3. The Bertz CT molecular complexity index is 185. The predicted octanol–water partition coefficient (Wildman–Crippen LogP) is 1.99. The first-order chi connectivity index (χ1) is 4.41. The molecular formula is C3H7Cl4O4P. The zero-order valence-electron chi connectivity index (χ0n) is 5.77. The standard InChI is InChI=1S/C3H5Cl2O4P.2ClH/c1-9-10(7,8)3(5)2(4)6;;/h3H,1H3,(H,7,8);2*1H. The van der Waals surface area contributed by atoms with E-state index in [1.165, 1.54) is 0 Å². The van der Waals surface area contributed by atoms with Gasteiger partial charge in [-0.15, -0.1) is 24.8 Å². The number of rotatable bonds is 3. The van der Waals surface area contributed by atoms with Crippen LogP contribution in [0.1, 0.15) is 0 Å². The van der Waals surface area contributed by atoms with Gasteiger partial charge in [0.1, 0.15) is 0 Å². The van der Waals surface area contributed by atoms with Gasteiger partial charge in [-0.3, -0.25) is 9.36 Å². The van der Waals surface area contributed by atoms with E-state index >= 15 is 0 Å². The number of carbonyl (C=O) groups is 1. The molecule has 0 aliphatic carbocycles. The van der Waals surface area contributed by atoms with Crippen LogP contribution in [0.25, 0.3) is 0 Å². The maximum Gasteiger partial charge on any atom is 0.354 e. The maximum atomic E-state index is 10.6. The summed E-state index contributed by atoms with van der Waals surface area (Å²) in [5, 5.41) is -2.78. The van der Waals surface area contributed by atoms with Crippen LogP contribution in [-0.4, -0.2) is 22.4 Å². The Morgan fingerprint density at radius 2 is 1.92 bits per heavy atom. The van der Waals surface area contributed by atoms with E-state index in [1.54, 1.807) is 0 Å². The zero-order chi connectivity index (χ0) is 8.36. The molecule has 0 aliphatic rings. The predicted molar refractivity (Wildman–Crippen MR) is 51.8 cm³/mol. The molecule has 0 saturated heterocycles. The quantitative estimate of drug-likeness (QED) is 0.488. The minimum absolute atomic E-state index is 0. The summed E-state index contributed by atoms with van der Waals surface area (Å²) in [4.78, 5) is 18.8. The first-order valence-electron chi connectivity index (χ1n) is 2.13.